The Kier molecular flexibility index (Phi) is 15.8. The molecular weight excluding hydrogens is 484 g/mol. The number of unbranched alkanes of at least 4 members (excludes halogenated alkanes) is 5. The lowest BCUT2D eigenvalue weighted by atomic mass is 10.1. The second-order valence-corrected chi connectivity index (χ2v) is 8.61. The molecule has 37 heavy (non-hydrogen) atoms. The third-order valence-electron chi connectivity index (χ3n) is 5.46. The highest BCUT2D eigenvalue weighted by molar-refractivity contribution is 5.87. The molecule has 2 atom stereocenters. The number of hydrogen-bond donors (Lipinski definition) is 4. The maximum atomic E-state index is 12.7. The zero-order chi connectivity index (χ0) is 27.5. The van der Waals surface area contributed by atoms with E-state index in [1.807, 2.05) is 0 Å². The summed E-state index contributed by atoms with van der Waals surface area (Å²) in [4.78, 5) is 59.3. The number of urea groups is 1. The number of carboxylic acid groups (broad SMARTS) is 2. The van der Waals surface area contributed by atoms with Crippen LogP contribution in [0.2, 0.25) is 0 Å². The van der Waals surface area contributed by atoms with Crippen molar-refractivity contribution in [3.05, 3.63) is 35.9 Å². The normalized spacial score (nSPS) is 12.1. The molecule has 1 rings (SSSR count). The Labute approximate surface area is 216 Å². The summed E-state index contributed by atoms with van der Waals surface area (Å²) in [6, 6.07) is 5.13. The number of rotatable bonds is 19. The highest BCUT2D eigenvalue weighted by Crippen LogP contribution is 2.08. The second-order valence-electron chi connectivity index (χ2n) is 8.61. The molecule has 0 aliphatic rings. The van der Waals surface area contributed by atoms with Gasteiger partial charge >= 0.3 is 29.9 Å². The van der Waals surface area contributed by atoms with Crippen LogP contribution in [0.15, 0.2) is 30.3 Å². The average molecular weight is 523 g/mol. The number of ether oxygens (including phenoxy) is 2. The summed E-state index contributed by atoms with van der Waals surface area (Å²) >= 11 is 0. The van der Waals surface area contributed by atoms with Crippen molar-refractivity contribution in [3.8, 4) is 0 Å². The zero-order valence-corrected chi connectivity index (χ0v) is 21.3. The van der Waals surface area contributed by atoms with E-state index in [9.17, 15) is 29.1 Å². The van der Waals surface area contributed by atoms with E-state index >= 15 is 0 Å². The summed E-state index contributed by atoms with van der Waals surface area (Å²) in [5.41, 5.74) is 0.719. The van der Waals surface area contributed by atoms with Gasteiger partial charge in [-0.15, -0.1) is 0 Å². The van der Waals surface area contributed by atoms with Gasteiger partial charge in [-0.2, -0.15) is 0 Å². The van der Waals surface area contributed by atoms with Crippen molar-refractivity contribution in [1.29, 1.82) is 0 Å². The monoisotopic (exact) mass is 522 g/mol. The van der Waals surface area contributed by atoms with Crippen molar-refractivity contribution in [3.63, 3.8) is 0 Å². The van der Waals surface area contributed by atoms with Crippen LogP contribution < -0.4 is 10.6 Å². The van der Waals surface area contributed by atoms with Crippen LogP contribution in [0.5, 0.6) is 0 Å². The lowest BCUT2D eigenvalue weighted by molar-refractivity contribution is -0.148. The first-order valence-corrected chi connectivity index (χ1v) is 12.6. The Morgan fingerprint density at radius 2 is 1.43 bits per heavy atom. The van der Waals surface area contributed by atoms with Gasteiger partial charge in [0.25, 0.3) is 0 Å². The molecule has 0 saturated heterocycles. The van der Waals surface area contributed by atoms with Crippen molar-refractivity contribution in [2.24, 2.45) is 0 Å². The summed E-state index contributed by atoms with van der Waals surface area (Å²) in [6.45, 7) is 2.35. The molecule has 11 nitrogen and oxygen atoms in total. The smallest absolute Gasteiger partial charge is 0.329 e. The van der Waals surface area contributed by atoms with Gasteiger partial charge in [-0.3, -0.25) is 9.59 Å². The molecule has 0 aliphatic heterocycles. The SMILES string of the molecule is CCCCCCCCOC(=O)CCC(NC(=O)NC(CCC(=O)O)C(=O)O)C(=O)OCc1ccccc1. The van der Waals surface area contributed by atoms with E-state index in [0.29, 0.717) is 0 Å². The third kappa shape index (κ3) is 15.2. The molecule has 4 N–H and O–H groups in total. The fourth-order valence-electron chi connectivity index (χ4n) is 3.36. The van der Waals surface area contributed by atoms with Gasteiger partial charge in [0, 0.05) is 12.8 Å². The first-order valence-electron chi connectivity index (χ1n) is 12.6. The molecule has 0 bridgehead atoms. The number of carbonyl (C=O) groups excluding carboxylic acids is 3. The fraction of sp³-hybridized carbons (Fsp3) is 0.577. The number of nitrogens with one attached hydrogen (secondary N) is 2. The molecule has 0 aliphatic carbocycles. The highest BCUT2D eigenvalue weighted by atomic mass is 16.5. The predicted molar refractivity (Wildman–Crippen MR) is 134 cm³/mol. The minimum atomic E-state index is -1.47. The first-order chi connectivity index (χ1) is 17.7. The Morgan fingerprint density at radius 1 is 0.811 bits per heavy atom. The van der Waals surface area contributed by atoms with Gasteiger partial charge in [-0.25, -0.2) is 14.4 Å². The maximum Gasteiger partial charge on any atom is 0.329 e. The van der Waals surface area contributed by atoms with Crippen LogP contribution in [-0.2, 0) is 35.3 Å². The van der Waals surface area contributed by atoms with Gasteiger partial charge in [0.1, 0.15) is 18.7 Å². The standard InChI is InChI=1S/C26H38N2O9/c1-2-3-4-5-6-10-17-36-23(31)16-14-21(25(34)37-18-19-11-8-7-9-12-19)28-26(35)27-20(24(32)33)13-15-22(29)30/h7-9,11-12,20-21H,2-6,10,13-18H2,1H3,(H,29,30)(H,32,33)(H2,27,28,35). The topological polar surface area (TPSA) is 168 Å². The number of amides is 2. The number of hydrogen-bond acceptors (Lipinski definition) is 7. The van der Waals surface area contributed by atoms with Gasteiger partial charge in [0.05, 0.1) is 6.61 Å². The summed E-state index contributed by atoms with van der Waals surface area (Å²) in [5, 5.41) is 22.5. The van der Waals surface area contributed by atoms with E-state index in [1.54, 1.807) is 30.3 Å². The fourth-order valence-corrected chi connectivity index (χ4v) is 3.36. The molecule has 0 heterocycles. The van der Waals surface area contributed by atoms with Gasteiger partial charge in [0.2, 0.25) is 0 Å². The molecule has 1 aromatic rings. The van der Waals surface area contributed by atoms with E-state index in [4.69, 9.17) is 14.6 Å². The summed E-state index contributed by atoms with van der Waals surface area (Å²) in [7, 11) is 0. The number of benzene rings is 1. The molecule has 206 valence electrons. The minimum absolute atomic E-state index is 0.0572. The molecule has 0 spiro atoms. The van der Waals surface area contributed by atoms with E-state index in [-0.39, 0.29) is 32.5 Å². The number of esters is 2. The Hall–Kier alpha value is -3.63. The molecular formula is C26H38N2O9. The van der Waals surface area contributed by atoms with Crippen molar-refractivity contribution < 1.29 is 43.7 Å². The van der Waals surface area contributed by atoms with Gasteiger partial charge in [0.15, 0.2) is 0 Å². The number of aliphatic carboxylic acids is 2. The van der Waals surface area contributed by atoms with Crippen LogP contribution in [-0.4, -0.2) is 58.8 Å². The van der Waals surface area contributed by atoms with Crippen LogP contribution in [0.25, 0.3) is 0 Å². The largest absolute Gasteiger partial charge is 0.481 e. The molecule has 2 unspecified atom stereocenters. The quantitative estimate of drug-likeness (QED) is 0.157. The Morgan fingerprint density at radius 3 is 2.08 bits per heavy atom. The minimum Gasteiger partial charge on any atom is -0.481 e. The maximum absolute atomic E-state index is 12.7. The zero-order valence-electron chi connectivity index (χ0n) is 21.3. The molecule has 0 saturated carbocycles. The van der Waals surface area contributed by atoms with Crippen LogP contribution in [0.4, 0.5) is 4.79 Å². The van der Waals surface area contributed by atoms with Gasteiger partial charge < -0.3 is 30.3 Å². The van der Waals surface area contributed by atoms with Crippen molar-refractivity contribution >= 4 is 29.9 Å². The number of carbonyl (C=O) groups is 5. The number of carboxylic acids is 2. The van der Waals surface area contributed by atoms with E-state index in [1.165, 1.54) is 6.42 Å². The third-order valence-corrected chi connectivity index (χ3v) is 5.46. The summed E-state index contributed by atoms with van der Waals surface area (Å²) in [6.07, 6.45) is 5.14. The van der Waals surface area contributed by atoms with E-state index in [2.05, 4.69) is 17.6 Å². The second kappa shape index (κ2) is 18.6. The molecule has 0 radical (unpaired) electrons. The van der Waals surface area contributed by atoms with Crippen molar-refractivity contribution in [2.45, 2.75) is 89.8 Å². The van der Waals surface area contributed by atoms with Crippen molar-refractivity contribution in [1.82, 2.24) is 10.6 Å². The highest BCUT2D eigenvalue weighted by Gasteiger charge is 2.27. The van der Waals surface area contributed by atoms with E-state index < -0.39 is 48.4 Å². The Balaban J connectivity index is 2.64. The molecule has 11 heteroatoms. The van der Waals surface area contributed by atoms with Crippen molar-refractivity contribution in [2.75, 3.05) is 6.61 Å². The van der Waals surface area contributed by atoms with Crippen LogP contribution in [0.1, 0.15) is 76.7 Å². The lowest BCUT2D eigenvalue weighted by Crippen LogP contribution is -2.51. The Bertz CT molecular complexity index is 861. The molecule has 0 aromatic heterocycles. The molecule has 2 amide bonds. The average Bonchev–Trinajstić information content (AvgIpc) is 2.87. The van der Waals surface area contributed by atoms with Gasteiger partial charge in [-0.05, 0) is 24.8 Å². The van der Waals surface area contributed by atoms with Crippen LogP contribution >= 0.6 is 0 Å². The predicted octanol–water partition coefficient (Wildman–Crippen LogP) is 3.40. The molecule has 1 aromatic carbocycles. The summed E-state index contributed by atoms with van der Waals surface area (Å²) in [5.74, 6) is -3.96. The van der Waals surface area contributed by atoms with Gasteiger partial charge in [-0.1, -0.05) is 69.4 Å². The van der Waals surface area contributed by atoms with Crippen LogP contribution in [0.3, 0.4) is 0 Å². The summed E-state index contributed by atoms with van der Waals surface area (Å²) < 4.78 is 10.5. The van der Waals surface area contributed by atoms with Crippen LogP contribution in [0, 0.1) is 0 Å². The first kappa shape index (κ1) is 31.4. The van der Waals surface area contributed by atoms with E-state index in [0.717, 1.165) is 37.7 Å². The molecule has 0 fully saturated rings. The lowest BCUT2D eigenvalue weighted by Gasteiger charge is -2.20.